The summed E-state index contributed by atoms with van der Waals surface area (Å²) in [6.45, 7) is 22.5. The Kier molecular flexibility index (Phi) is 12.4. The monoisotopic (exact) mass is 728 g/mol. The average Bonchev–Trinajstić information content (AvgIpc) is 3.11. The number of aliphatic hydroxyl groups excluding tert-OH is 1. The Balaban J connectivity index is 1.70. The molecule has 0 heterocycles. The molecule has 3 aromatic carbocycles. The molecule has 0 aliphatic heterocycles. The van der Waals surface area contributed by atoms with Crippen molar-refractivity contribution in [3.05, 3.63) is 114 Å². The van der Waals surface area contributed by atoms with Gasteiger partial charge < -0.3 is 28.5 Å². The van der Waals surface area contributed by atoms with E-state index in [1.165, 1.54) is 0 Å². The molecule has 0 spiro atoms. The third-order valence-corrected chi connectivity index (χ3v) is 16.5. The van der Waals surface area contributed by atoms with Crippen LogP contribution in [0.15, 0.2) is 97.1 Å². The van der Waals surface area contributed by atoms with E-state index < -0.39 is 55.6 Å². The van der Waals surface area contributed by atoms with Crippen LogP contribution in [0.4, 0.5) is 0 Å². The minimum Gasteiger partial charge on any atom is -0.497 e. The van der Waals surface area contributed by atoms with Crippen molar-refractivity contribution in [3.8, 4) is 5.75 Å². The van der Waals surface area contributed by atoms with Crippen molar-refractivity contribution >= 4 is 14.1 Å². The normalized spacial score (nSPS) is 28.1. The molecule has 0 radical (unpaired) electrons. The van der Waals surface area contributed by atoms with Gasteiger partial charge in [-0.15, -0.1) is 0 Å². The number of carbonyl (C=O) groups excluding carboxylic acids is 1. The van der Waals surface area contributed by atoms with Gasteiger partial charge in [-0.2, -0.15) is 0 Å². The summed E-state index contributed by atoms with van der Waals surface area (Å²) in [4.78, 5) is 15.5. The molecule has 0 unspecified atom stereocenters. The first-order chi connectivity index (χ1) is 24.5. The lowest BCUT2D eigenvalue weighted by atomic mass is 9.54. The van der Waals surface area contributed by atoms with Crippen molar-refractivity contribution in [1.29, 1.82) is 0 Å². The zero-order valence-electron chi connectivity index (χ0n) is 32.7. The molecule has 7 nitrogen and oxygen atoms in total. The molecule has 2 saturated carbocycles. The summed E-state index contributed by atoms with van der Waals surface area (Å²) in [7, 11) is -0.888. The molecule has 52 heavy (non-hydrogen) atoms. The van der Waals surface area contributed by atoms with Crippen LogP contribution in [0.2, 0.25) is 18.1 Å². The topological polar surface area (TPSA) is 83.5 Å². The number of ether oxygens (including phenoxy) is 4. The SMILES string of the molecule is C=C1CC[C@H](O)[C@@]2(C)C(=O)[C@H](OCc3ccccc3)[C@H](O[Si](C)(C)C(C)(C)C)C(C)(C)[C@@H](OCc3ccc(OC)cc3)[C@@H](OCc3ccccc3)[C@H]12. The standard InChI is InChI=1S/C44H60O7Si/c1-30-21-26-35(45)44(7)36(30)37(48-27-31-17-13-11-14-18-31)40(50-29-33-22-24-34(47-8)25-23-33)43(5,6)41(51-52(9,10)42(2,3)4)38(39(44)46)49-28-32-19-15-12-16-20-32/h11-20,22-25,35-38,40-41,45H,1,21,26-29H2,2-10H3/t35-,36-,37-,38-,40-,41-,44+/m0/s1. The smallest absolute Gasteiger partial charge is 0.192 e. The fourth-order valence-electron chi connectivity index (χ4n) is 7.69. The van der Waals surface area contributed by atoms with Crippen LogP contribution in [0.5, 0.6) is 5.75 Å². The van der Waals surface area contributed by atoms with Crippen molar-refractivity contribution in [2.75, 3.05) is 7.11 Å². The fourth-order valence-corrected chi connectivity index (χ4v) is 9.11. The van der Waals surface area contributed by atoms with E-state index in [4.69, 9.17) is 23.4 Å². The molecular formula is C44H60O7Si. The Labute approximate surface area is 312 Å². The highest BCUT2D eigenvalue weighted by Gasteiger charge is 2.64. The maximum absolute atomic E-state index is 15.5. The van der Waals surface area contributed by atoms with Crippen molar-refractivity contribution in [2.24, 2.45) is 16.7 Å². The summed E-state index contributed by atoms with van der Waals surface area (Å²) in [6, 6.07) is 27.8. The molecule has 8 heteroatoms. The van der Waals surface area contributed by atoms with Crippen molar-refractivity contribution in [1.82, 2.24) is 0 Å². The Morgan fingerprint density at radius 3 is 1.85 bits per heavy atom. The second-order valence-corrected chi connectivity index (χ2v) is 21.8. The quantitative estimate of drug-likeness (QED) is 0.147. The predicted octanol–water partition coefficient (Wildman–Crippen LogP) is 9.08. The number of ketones is 1. The first-order valence-electron chi connectivity index (χ1n) is 18.6. The third kappa shape index (κ3) is 8.33. The number of hydrogen-bond acceptors (Lipinski definition) is 7. The van der Waals surface area contributed by atoms with E-state index in [2.05, 4.69) is 54.3 Å². The van der Waals surface area contributed by atoms with Crippen LogP contribution in [0.1, 0.15) is 71.1 Å². The van der Waals surface area contributed by atoms with Gasteiger partial charge in [-0.1, -0.05) is 120 Å². The fraction of sp³-hybridized carbons (Fsp3) is 0.523. The molecular weight excluding hydrogens is 669 g/mol. The molecule has 7 atom stereocenters. The molecule has 2 fully saturated rings. The van der Waals surface area contributed by atoms with Gasteiger partial charge in [0.05, 0.1) is 56.8 Å². The summed E-state index contributed by atoms with van der Waals surface area (Å²) in [5.41, 5.74) is 1.69. The minimum absolute atomic E-state index is 0.161. The van der Waals surface area contributed by atoms with Gasteiger partial charge in [0, 0.05) is 11.3 Å². The highest BCUT2D eigenvalue weighted by atomic mass is 28.4. The van der Waals surface area contributed by atoms with Crippen molar-refractivity contribution in [2.45, 2.75) is 123 Å². The van der Waals surface area contributed by atoms with Crippen LogP contribution in [-0.4, -0.2) is 56.8 Å². The maximum atomic E-state index is 15.5. The average molecular weight is 729 g/mol. The largest absolute Gasteiger partial charge is 0.497 e. The van der Waals surface area contributed by atoms with E-state index in [9.17, 15) is 5.11 Å². The molecule has 5 rings (SSSR count). The van der Waals surface area contributed by atoms with Crippen LogP contribution < -0.4 is 4.74 Å². The van der Waals surface area contributed by atoms with Gasteiger partial charge in [-0.25, -0.2) is 0 Å². The van der Waals surface area contributed by atoms with Crippen LogP contribution in [0, 0.1) is 16.7 Å². The third-order valence-electron chi connectivity index (χ3n) is 12.0. The number of rotatable bonds is 12. The number of carbonyl (C=O) groups is 1. The second-order valence-electron chi connectivity index (χ2n) is 17.0. The lowest BCUT2D eigenvalue weighted by Gasteiger charge is -2.58. The van der Waals surface area contributed by atoms with E-state index in [-0.39, 0.29) is 24.0 Å². The highest BCUT2D eigenvalue weighted by Crippen LogP contribution is 2.55. The minimum atomic E-state index is -2.54. The number of hydrogen-bond donors (Lipinski definition) is 1. The Morgan fingerprint density at radius 1 is 0.788 bits per heavy atom. The molecule has 0 amide bonds. The number of aliphatic hydroxyl groups is 1. The van der Waals surface area contributed by atoms with Crippen LogP contribution in [-0.2, 0) is 43.3 Å². The predicted molar refractivity (Wildman–Crippen MR) is 208 cm³/mol. The van der Waals surface area contributed by atoms with Gasteiger partial charge in [0.1, 0.15) is 11.9 Å². The second kappa shape index (κ2) is 16.1. The van der Waals surface area contributed by atoms with Gasteiger partial charge in [0.15, 0.2) is 14.1 Å². The Hall–Kier alpha value is -3.11. The number of Topliss-reactive ketones (excluding diaryl/α,β-unsaturated/α-hetero) is 1. The van der Waals surface area contributed by atoms with Gasteiger partial charge in [0.2, 0.25) is 0 Å². The van der Waals surface area contributed by atoms with Crippen molar-refractivity contribution < 1.29 is 33.3 Å². The van der Waals surface area contributed by atoms with E-state index >= 15 is 4.79 Å². The highest BCUT2D eigenvalue weighted by molar-refractivity contribution is 6.74. The molecule has 0 saturated heterocycles. The van der Waals surface area contributed by atoms with Crippen LogP contribution >= 0.6 is 0 Å². The van der Waals surface area contributed by atoms with E-state index in [1.807, 2.05) is 91.9 Å². The number of fused-ring (bicyclic) bond motifs is 1. The van der Waals surface area contributed by atoms with Crippen LogP contribution in [0.25, 0.3) is 0 Å². The zero-order chi connectivity index (χ0) is 37.9. The summed E-state index contributed by atoms with van der Waals surface area (Å²) >= 11 is 0. The molecule has 2 aliphatic carbocycles. The summed E-state index contributed by atoms with van der Waals surface area (Å²) in [6.07, 6.45) is -2.93. The number of benzene rings is 3. The van der Waals surface area contributed by atoms with E-state index in [0.29, 0.717) is 19.4 Å². The maximum Gasteiger partial charge on any atom is 0.192 e. The molecule has 0 bridgehead atoms. The molecule has 3 aromatic rings. The summed E-state index contributed by atoms with van der Waals surface area (Å²) in [5, 5.41) is 11.9. The number of methoxy groups -OCH3 is 1. The Morgan fingerprint density at radius 2 is 1.31 bits per heavy atom. The molecule has 1 N–H and O–H groups in total. The van der Waals surface area contributed by atoms with E-state index in [1.54, 1.807) is 7.11 Å². The molecule has 282 valence electrons. The lowest BCUT2D eigenvalue weighted by Crippen LogP contribution is -2.69. The summed E-state index contributed by atoms with van der Waals surface area (Å²) in [5.74, 6) is 0.0341. The van der Waals surface area contributed by atoms with Gasteiger partial charge >= 0.3 is 0 Å². The first-order valence-corrected chi connectivity index (χ1v) is 21.5. The lowest BCUT2D eigenvalue weighted by molar-refractivity contribution is -0.226. The first kappa shape index (κ1) is 40.1. The zero-order valence-corrected chi connectivity index (χ0v) is 33.7. The van der Waals surface area contributed by atoms with Gasteiger partial charge in [-0.3, -0.25) is 4.79 Å². The molecule has 2 aliphatic rings. The molecule has 0 aromatic heterocycles. The van der Waals surface area contributed by atoms with Crippen molar-refractivity contribution in [3.63, 3.8) is 0 Å². The van der Waals surface area contributed by atoms with Gasteiger partial charge in [0.25, 0.3) is 0 Å². The Bertz CT molecular complexity index is 1630. The van der Waals surface area contributed by atoms with Crippen LogP contribution in [0.3, 0.4) is 0 Å². The van der Waals surface area contributed by atoms with E-state index in [0.717, 1.165) is 28.0 Å². The summed E-state index contributed by atoms with van der Waals surface area (Å²) < 4.78 is 33.8. The van der Waals surface area contributed by atoms with Gasteiger partial charge in [-0.05, 0) is 66.7 Å².